The molecule has 10 nitrogen and oxygen atoms in total. The minimum Gasteiger partial charge on any atom is -0.388 e. The molecule has 10 heteroatoms. The summed E-state index contributed by atoms with van der Waals surface area (Å²) in [6, 6.07) is 0. The van der Waals surface area contributed by atoms with Crippen LogP contribution in [0.25, 0.3) is 0 Å². The van der Waals surface area contributed by atoms with Crippen LogP contribution >= 0.6 is 0 Å². The highest BCUT2D eigenvalue weighted by atomic mass is 16.7. The molecule has 2 aliphatic heterocycles. The molecule has 6 N–H and O–H groups in total. The molecule has 0 bridgehead atoms. The van der Waals surface area contributed by atoms with Gasteiger partial charge in [-0.25, -0.2) is 0 Å². The number of hydrogen-bond acceptors (Lipinski definition) is 10. The molecule has 27 heavy (non-hydrogen) atoms. The van der Waals surface area contributed by atoms with Gasteiger partial charge in [-0.05, 0) is 12.8 Å². The fourth-order valence-corrected chi connectivity index (χ4v) is 2.84. The van der Waals surface area contributed by atoms with Crippen LogP contribution in [0, 0.1) is 0 Å². The molecule has 9 atom stereocenters. The van der Waals surface area contributed by atoms with Crippen molar-refractivity contribution in [2.24, 2.45) is 0 Å². The summed E-state index contributed by atoms with van der Waals surface area (Å²) in [5.41, 5.74) is 0. The number of hydrogen-bond donors (Lipinski definition) is 6. The predicted octanol–water partition coefficient (Wildman–Crippen LogP) is -2.38. The van der Waals surface area contributed by atoms with Crippen LogP contribution in [0.2, 0.25) is 0 Å². The second-order valence-electron chi connectivity index (χ2n) is 6.64. The highest BCUT2D eigenvalue weighted by Crippen LogP contribution is 2.24. The van der Waals surface area contributed by atoms with Gasteiger partial charge in [0, 0.05) is 0 Å². The first-order chi connectivity index (χ1) is 12.9. The summed E-state index contributed by atoms with van der Waals surface area (Å²) >= 11 is 0. The molecule has 2 rings (SSSR count). The van der Waals surface area contributed by atoms with Gasteiger partial charge < -0.3 is 49.6 Å². The van der Waals surface area contributed by atoms with Crippen molar-refractivity contribution in [1.29, 1.82) is 0 Å². The summed E-state index contributed by atoms with van der Waals surface area (Å²) in [5.74, 6) is 0. The van der Waals surface area contributed by atoms with Crippen molar-refractivity contribution in [3.63, 3.8) is 0 Å². The highest BCUT2D eigenvalue weighted by Gasteiger charge is 2.45. The highest BCUT2D eigenvalue weighted by molar-refractivity contribution is 4.90. The van der Waals surface area contributed by atoms with E-state index in [9.17, 15) is 30.6 Å². The van der Waals surface area contributed by atoms with E-state index in [0.29, 0.717) is 6.42 Å². The monoisotopic (exact) mass is 394 g/mol. The van der Waals surface area contributed by atoms with Gasteiger partial charge in [0.25, 0.3) is 0 Å². The maximum Gasteiger partial charge on any atom is 0.186 e. The Labute approximate surface area is 157 Å². The lowest BCUT2D eigenvalue weighted by atomic mass is 9.99. The quantitative estimate of drug-likeness (QED) is 0.194. The Morgan fingerprint density at radius 1 is 0.852 bits per heavy atom. The van der Waals surface area contributed by atoms with Crippen LogP contribution < -0.4 is 0 Å². The smallest absolute Gasteiger partial charge is 0.186 e. The summed E-state index contributed by atoms with van der Waals surface area (Å²) in [5, 5.41) is 59.0. The molecule has 0 amide bonds. The fourth-order valence-electron chi connectivity index (χ4n) is 2.84. The molecule has 0 saturated carbocycles. The first-order valence-corrected chi connectivity index (χ1v) is 9.10. The number of aliphatic hydroxyl groups excluding tert-OH is 6. The average molecular weight is 394 g/mol. The molecule has 2 fully saturated rings. The standard InChI is InChI=1S/C17H30O10/c1-2-3-4-5-6-24-17-15(23)13(21)12(20)10(27-17)8-26-16-14(22)11(19)9(18)7-25-16/h3-4,9-23H,2,5-8H2,1H3/t9-,10+,11-,12+,13-,14+,15+,16-,17+/m0/s1. The third kappa shape index (κ3) is 5.91. The summed E-state index contributed by atoms with van der Waals surface area (Å²) in [7, 11) is 0. The predicted molar refractivity (Wildman–Crippen MR) is 90.4 cm³/mol. The molecular weight excluding hydrogens is 364 g/mol. The molecule has 2 saturated heterocycles. The van der Waals surface area contributed by atoms with Gasteiger partial charge in [0.2, 0.25) is 0 Å². The normalized spacial score (nSPS) is 43.3. The molecular formula is C17H30O10. The van der Waals surface area contributed by atoms with E-state index in [2.05, 4.69) is 0 Å². The number of aliphatic hydroxyl groups is 6. The van der Waals surface area contributed by atoms with Gasteiger partial charge >= 0.3 is 0 Å². The van der Waals surface area contributed by atoms with E-state index in [-0.39, 0.29) is 19.8 Å². The Kier molecular flexibility index (Phi) is 9.02. The molecule has 2 heterocycles. The van der Waals surface area contributed by atoms with Crippen molar-refractivity contribution >= 4 is 0 Å². The van der Waals surface area contributed by atoms with E-state index in [0.717, 1.165) is 6.42 Å². The first-order valence-electron chi connectivity index (χ1n) is 9.10. The van der Waals surface area contributed by atoms with Crippen molar-refractivity contribution in [1.82, 2.24) is 0 Å². The van der Waals surface area contributed by atoms with Crippen molar-refractivity contribution in [2.75, 3.05) is 19.8 Å². The zero-order chi connectivity index (χ0) is 20.0. The van der Waals surface area contributed by atoms with E-state index < -0.39 is 55.3 Å². The molecule has 0 aromatic carbocycles. The summed E-state index contributed by atoms with van der Waals surface area (Å²) in [4.78, 5) is 0. The molecule has 0 unspecified atom stereocenters. The van der Waals surface area contributed by atoms with Crippen LogP contribution in [0.3, 0.4) is 0 Å². The van der Waals surface area contributed by atoms with Gasteiger partial charge in [0.15, 0.2) is 12.6 Å². The van der Waals surface area contributed by atoms with E-state index >= 15 is 0 Å². The van der Waals surface area contributed by atoms with Gasteiger partial charge in [-0.15, -0.1) is 0 Å². The van der Waals surface area contributed by atoms with Gasteiger partial charge in [0.05, 0.1) is 19.8 Å². The lowest BCUT2D eigenvalue weighted by Gasteiger charge is -2.41. The van der Waals surface area contributed by atoms with E-state index in [1.807, 2.05) is 19.1 Å². The number of ether oxygens (including phenoxy) is 4. The maximum atomic E-state index is 10.1. The van der Waals surface area contributed by atoms with Crippen LogP contribution in [0.5, 0.6) is 0 Å². The molecule has 158 valence electrons. The zero-order valence-electron chi connectivity index (χ0n) is 15.2. The molecule has 0 aliphatic carbocycles. The topological polar surface area (TPSA) is 158 Å². The Morgan fingerprint density at radius 3 is 2.26 bits per heavy atom. The van der Waals surface area contributed by atoms with Crippen LogP contribution in [0.4, 0.5) is 0 Å². The third-order valence-corrected chi connectivity index (χ3v) is 4.52. The minimum atomic E-state index is -1.51. The molecule has 0 aromatic heterocycles. The molecule has 0 spiro atoms. The summed E-state index contributed by atoms with van der Waals surface area (Å²) in [6.45, 7) is 1.73. The van der Waals surface area contributed by atoms with Crippen molar-refractivity contribution in [3.8, 4) is 0 Å². The van der Waals surface area contributed by atoms with Crippen molar-refractivity contribution in [2.45, 2.75) is 75.1 Å². The molecule has 0 radical (unpaired) electrons. The van der Waals surface area contributed by atoms with Crippen LogP contribution in [0.15, 0.2) is 12.2 Å². The molecule has 0 aromatic rings. The van der Waals surface area contributed by atoms with Crippen LogP contribution in [-0.4, -0.2) is 106 Å². The lowest BCUT2D eigenvalue weighted by Crippen LogP contribution is -2.60. The Balaban J connectivity index is 1.86. The van der Waals surface area contributed by atoms with E-state index in [4.69, 9.17) is 18.9 Å². The van der Waals surface area contributed by atoms with Gasteiger partial charge in [-0.1, -0.05) is 19.1 Å². The minimum absolute atomic E-state index is 0.227. The van der Waals surface area contributed by atoms with Gasteiger partial charge in [-0.2, -0.15) is 0 Å². The third-order valence-electron chi connectivity index (χ3n) is 4.52. The maximum absolute atomic E-state index is 10.1. The summed E-state index contributed by atoms with van der Waals surface area (Å²) in [6.07, 6.45) is -6.59. The largest absolute Gasteiger partial charge is 0.388 e. The zero-order valence-corrected chi connectivity index (χ0v) is 15.2. The van der Waals surface area contributed by atoms with Gasteiger partial charge in [-0.3, -0.25) is 0 Å². The average Bonchev–Trinajstić information content (AvgIpc) is 2.66. The lowest BCUT2D eigenvalue weighted by molar-refractivity contribution is -0.320. The number of rotatable bonds is 8. The Morgan fingerprint density at radius 2 is 1.56 bits per heavy atom. The van der Waals surface area contributed by atoms with Crippen molar-refractivity contribution in [3.05, 3.63) is 12.2 Å². The Bertz CT molecular complexity index is 461. The Hall–Kier alpha value is -0.660. The van der Waals surface area contributed by atoms with Crippen molar-refractivity contribution < 1.29 is 49.6 Å². The second kappa shape index (κ2) is 10.8. The first kappa shape index (κ1) is 22.6. The second-order valence-corrected chi connectivity index (χ2v) is 6.64. The SMILES string of the molecule is CCC=CCCO[C@@H]1O[C@H](CO[C@@H]2OC[C@H](O)[C@H](O)[C@H]2O)[C@@H](O)[C@H](O)[C@H]1O. The van der Waals surface area contributed by atoms with Crippen LogP contribution in [0.1, 0.15) is 19.8 Å². The number of allylic oxidation sites excluding steroid dienone is 1. The fraction of sp³-hybridized carbons (Fsp3) is 0.882. The van der Waals surface area contributed by atoms with E-state index in [1.165, 1.54) is 0 Å². The molecule has 2 aliphatic rings. The van der Waals surface area contributed by atoms with Gasteiger partial charge in [0.1, 0.15) is 42.7 Å². The van der Waals surface area contributed by atoms with E-state index in [1.54, 1.807) is 0 Å². The summed E-state index contributed by atoms with van der Waals surface area (Å²) < 4.78 is 21.3. The van der Waals surface area contributed by atoms with Crippen LogP contribution in [-0.2, 0) is 18.9 Å².